The first kappa shape index (κ1) is 11.5. The molecule has 0 aliphatic heterocycles. The van der Waals surface area contributed by atoms with Crippen LogP contribution in [0.3, 0.4) is 0 Å². The van der Waals surface area contributed by atoms with Gasteiger partial charge >= 0.3 is 0 Å². The molecule has 0 atom stereocenters. The van der Waals surface area contributed by atoms with E-state index < -0.39 is 11.6 Å². The van der Waals surface area contributed by atoms with Crippen LogP contribution in [0.25, 0.3) is 0 Å². The van der Waals surface area contributed by atoms with Crippen LogP contribution in [0.5, 0.6) is 0 Å². The Labute approximate surface area is 96.9 Å². The maximum absolute atomic E-state index is 12.9. The van der Waals surface area contributed by atoms with E-state index in [1.165, 1.54) is 18.2 Å². The van der Waals surface area contributed by atoms with E-state index in [4.69, 9.17) is 0 Å². The Hall–Kier alpha value is -1.97. The fourth-order valence-electron chi connectivity index (χ4n) is 1.42. The van der Waals surface area contributed by atoms with Gasteiger partial charge in [0.05, 0.1) is 0 Å². The molecule has 0 fully saturated rings. The molecule has 0 saturated carbocycles. The average molecular weight is 237 g/mol. The standard InChI is InChI=1S/C13H10F3N/c14-10-2-4-11(5-3-10)17-8-9-1-6-12(15)13(16)7-9/h1-7,17H,8H2. The number of rotatable bonds is 3. The van der Waals surface area contributed by atoms with Crippen LogP contribution in [0.15, 0.2) is 42.5 Å². The van der Waals surface area contributed by atoms with E-state index in [0.29, 0.717) is 12.1 Å². The number of hydrogen-bond acceptors (Lipinski definition) is 1. The van der Waals surface area contributed by atoms with Crippen molar-refractivity contribution < 1.29 is 13.2 Å². The highest BCUT2D eigenvalue weighted by Gasteiger charge is 2.02. The van der Waals surface area contributed by atoms with Gasteiger partial charge in [-0.05, 0) is 42.0 Å². The predicted molar refractivity (Wildman–Crippen MR) is 60.1 cm³/mol. The normalized spacial score (nSPS) is 10.3. The Kier molecular flexibility index (Phi) is 3.32. The average Bonchev–Trinajstić information content (AvgIpc) is 2.33. The van der Waals surface area contributed by atoms with Crippen molar-refractivity contribution in [3.8, 4) is 0 Å². The second-order valence-electron chi connectivity index (χ2n) is 3.61. The highest BCUT2D eigenvalue weighted by atomic mass is 19.2. The second kappa shape index (κ2) is 4.91. The van der Waals surface area contributed by atoms with Crippen LogP contribution in [0, 0.1) is 17.5 Å². The van der Waals surface area contributed by atoms with Crippen LogP contribution in [-0.4, -0.2) is 0 Å². The molecule has 0 saturated heterocycles. The Bertz CT molecular complexity index is 509. The third-order valence-corrected chi connectivity index (χ3v) is 2.32. The van der Waals surface area contributed by atoms with Gasteiger partial charge in [0.15, 0.2) is 11.6 Å². The van der Waals surface area contributed by atoms with E-state index in [0.717, 1.165) is 17.8 Å². The van der Waals surface area contributed by atoms with Crippen LogP contribution in [0.1, 0.15) is 5.56 Å². The third-order valence-electron chi connectivity index (χ3n) is 2.32. The monoisotopic (exact) mass is 237 g/mol. The van der Waals surface area contributed by atoms with Crippen molar-refractivity contribution >= 4 is 5.69 Å². The molecule has 0 amide bonds. The molecule has 0 aromatic heterocycles. The summed E-state index contributed by atoms with van der Waals surface area (Å²) in [5, 5.41) is 2.98. The number of nitrogens with one attached hydrogen (secondary N) is 1. The van der Waals surface area contributed by atoms with Crippen molar-refractivity contribution in [2.24, 2.45) is 0 Å². The Morgan fingerprint density at radius 3 is 2.18 bits per heavy atom. The zero-order chi connectivity index (χ0) is 12.3. The lowest BCUT2D eigenvalue weighted by molar-refractivity contribution is 0.507. The molecule has 1 nitrogen and oxygen atoms in total. The van der Waals surface area contributed by atoms with Gasteiger partial charge in [-0.25, -0.2) is 13.2 Å². The van der Waals surface area contributed by atoms with Crippen molar-refractivity contribution in [2.45, 2.75) is 6.54 Å². The molecule has 0 heterocycles. The number of anilines is 1. The molecule has 2 aromatic rings. The molecule has 88 valence electrons. The minimum absolute atomic E-state index is 0.316. The summed E-state index contributed by atoms with van der Waals surface area (Å²) in [5.74, 6) is -2.05. The van der Waals surface area contributed by atoms with E-state index >= 15 is 0 Å². The molecular formula is C13H10F3N. The molecule has 1 N–H and O–H groups in total. The van der Waals surface area contributed by atoms with Gasteiger partial charge in [0, 0.05) is 12.2 Å². The van der Waals surface area contributed by atoms with Crippen molar-refractivity contribution in [1.82, 2.24) is 0 Å². The topological polar surface area (TPSA) is 12.0 Å². The van der Waals surface area contributed by atoms with Crippen molar-refractivity contribution in [2.75, 3.05) is 5.32 Å². The first-order chi connectivity index (χ1) is 8.15. The zero-order valence-electron chi connectivity index (χ0n) is 8.88. The van der Waals surface area contributed by atoms with Crippen LogP contribution in [0.4, 0.5) is 18.9 Å². The van der Waals surface area contributed by atoms with E-state index in [2.05, 4.69) is 5.32 Å². The SMILES string of the molecule is Fc1ccc(NCc2ccc(F)c(F)c2)cc1. The summed E-state index contributed by atoms with van der Waals surface area (Å²) in [6.07, 6.45) is 0. The molecule has 0 radical (unpaired) electrons. The molecule has 0 aliphatic rings. The highest BCUT2D eigenvalue weighted by molar-refractivity contribution is 5.43. The van der Waals surface area contributed by atoms with Crippen LogP contribution in [-0.2, 0) is 6.54 Å². The molecule has 2 aromatic carbocycles. The van der Waals surface area contributed by atoms with Crippen molar-refractivity contribution in [1.29, 1.82) is 0 Å². The first-order valence-electron chi connectivity index (χ1n) is 5.08. The molecule has 0 spiro atoms. The fourth-order valence-corrected chi connectivity index (χ4v) is 1.42. The van der Waals surface area contributed by atoms with Crippen LogP contribution in [0.2, 0.25) is 0 Å². The minimum atomic E-state index is -0.872. The summed E-state index contributed by atoms with van der Waals surface area (Å²) in [5.41, 5.74) is 1.34. The quantitative estimate of drug-likeness (QED) is 0.857. The largest absolute Gasteiger partial charge is 0.381 e. The van der Waals surface area contributed by atoms with Gasteiger partial charge in [-0.2, -0.15) is 0 Å². The summed E-state index contributed by atoms with van der Waals surface area (Å²) in [6.45, 7) is 0.350. The lowest BCUT2D eigenvalue weighted by Crippen LogP contribution is -2.00. The molecule has 4 heteroatoms. The first-order valence-corrected chi connectivity index (χ1v) is 5.08. The summed E-state index contributed by atoms with van der Waals surface area (Å²) >= 11 is 0. The van der Waals surface area contributed by atoms with Crippen LogP contribution < -0.4 is 5.32 Å². The molecule has 2 rings (SSSR count). The van der Waals surface area contributed by atoms with Gasteiger partial charge < -0.3 is 5.32 Å². The van der Waals surface area contributed by atoms with Crippen molar-refractivity contribution in [3.63, 3.8) is 0 Å². The summed E-state index contributed by atoms with van der Waals surface area (Å²) < 4.78 is 38.2. The van der Waals surface area contributed by atoms with Gasteiger partial charge in [0.2, 0.25) is 0 Å². The van der Waals surface area contributed by atoms with Gasteiger partial charge in [0.25, 0.3) is 0 Å². The van der Waals surface area contributed by atoms with Crippen LogP contribution >= 0.6 is 0 Å². The number of hydrogen-bond donors (Lipinski definition) is 1. The maximum atomic E-state index is 12.9. The third kappa shape index (κ3) is 3.00. The molecular weight excluding hydrogens is 227 g/mol. The minimum Gasteiger partial charge on any atom is -0.381 e. The number of halogens is 3. The molecule has 0 bridgehead atoms. The predicted octanol–water partition coefficient (Wildman–Crippen LogP) is 3.72. The van der Waals surface area contributed by atoms with Crippen molar-refractivity contribution in [3.05, 3.63) is 65.5 Å². The van der Waals surface area contributed by atoms with Gasteiger partial charge in [-0.1, -0.05) is 6.07 Å². The van der Waals surface area contributed by atoms with Gasteiger partial charge in [0.1, 0.15) is 5.82 Å². The van der Waals surface area contributed by atoms with E-state index in [-0.39, 0.29) is 5.82 Å². The Morgan fingerprint density at radius 1 is 0.824 bits per heavy atom. The smallest absolute Gasteiger partial charge is 0.159 e. The molecule has 17 heavy (non-hydrogen) atoms. The molecule has 0 aliphatic carbocycles. The number of benzene rings is 2. The summed E-state index contributed by atoms with van der Waals surface area (Å²) in [6, 6.07) is 9.52. The zero-order valence-corrected chi connectivity index (χ0v) is 8.88. The summed E-state index contributed by atoms with van der Waals surface area (Å²) in [4.78, 5) is 0. The second-order valence-corrected chi connectivity index (χ2v) is 3.61. The van der Waals surface area contributed by atoms with Gasteiger partial charge in [-0.3, -0.25) is 0 Å². The Morgan fingerprint density at radius 2 is 1.53 bits per heavy atom. The maximum Gasteiger partial charge on any atom is 0.159 e. The lowest BCUT2D eigenvalue weighted by Gasteiger charge is -2.06. The van der Waals surface area contributed by atoms with Gasteiger partial charge in [-0.15, -0.1) is 0 Å². The van der Waals surface area contributed by atoms with E-state index in [9.17, 15) is 13.2 Å². The van der Waals surface area contributed by atoms with E-state index in [1.54, 1.807) is 12.1 Å². The fraction of sp³-hybridized carbons (Fsp3) is 0.0769. The summed E-state index contributed by atoms with van der Waals surface area (Å²) in [7, 11) is 0. The Balaban J connectivity index is 2.02. The lowest BCUT2D eigenvalue weighted by atomic mass is 10.2. The van der Waals surface area contributed by atoms with E-state index in [1.807, 2.05) is 0 Å². The highest BCUT2D eigenvalue weighted by Crippen LogP contribution is 2.12. The molecule has 0 unspecified atom stereocenters.